The molecule has 150 valence electrons. The van der Waals surface area contributed by atoms with Gasteiger partial charge in [0.15, 0.2) is 5.69 Å². The first-order valence-electron chi connectivity index (χ1n) is 10.3. The predicted octanol–water partition coefficient (Wildman–Crippen LogP) is 3.32. The molecule has 1 fully saturated rings. The number of piperidine rings is 1. The van der Waals surface area contributed by atoms with Crippen molar-refractivity contribution in [1.29, 1.82) is 0 Å². The molecule has 0 bridgehead atoms. The molecule has 4 rings (SSSR count). The molecule has 0 aliphatic carbocycles. The third-order valence-electron chi connectivity index (χ3n) is 5.37. The lowest BCUT2D eigenvalue weighted by Crippen LogP contribution is -2.36. The second kappa shape index (κ2) is 8.90. The van der Waals surface area contributed by atoms with E-state index in [2.05, 4.69) is 22.4 Å². The molecule has 29 heavy (non-hydrogen) atoms. The van der Waals surface area contributed by atoms with Gasteiger partial charge in [-0.1, -0.05) is 36.4 Å². The Labute approximate surface area is 170 Å². The number of aryl methyl sites for hydroxylation is 1. The van der Waals surface area contributed by atoms with Gasteiger partial charge in [-0.05, 0) is 49.8 Å². The number of benzene rings is 1. The van der Waals surface area contributed by atoms with Gasteiger partial charge in [-0.15, -0.1) is 0 Å². The molecule has 2 aromatic heterocycles. The summed E-state index contributed by atoms with van der Waals surface area (Å²) in [6.45, 7) is 2.07. The lowest BCUT2D eigenvalue weighted by Gasteiger charge is -2.25. The molecule has 6 nitrogen and oxygen atoms in total. The Morgan fingerprint density at radius 2 is 1.72 bits per heavy atom. The van der Waals surface area contributed by atoms with Gasteiger partial charge >= 0.3 is 0 Å². The van der Waals surface area contributed by atoms with E-state index >= 15 is 0 Å². The molecular formula is C23H26N4O2. The summed E-state index contributed by atoms with van der Waals surface area (Å²) in [6, 6.07) is 15.8. The van der Waals surface area contributed by atoms with Crippen LogP contribution in [-0.4, -0.2) is 45.7 Å². The number of imidazole rings is 1. The molecule has 3 heterocycles. The van der Waals surface area contributed by atoms with Gasteiger partial charge in [0.1, 0.15) is 0 Å². The number of nitrogens with zero attached hydrogens (tertiary/aromatic N) is 3. The molecule has 0 saturated carbocycles. The Morgan fingerprint density at radius 3 is 2.52 bits per heavy atom. The first-order valence-corrected chi connectivity index (χ1v) is 10.3. The van der Waals surface area contributed by atoms with Gasteiger partial charge in [0.25, 0.3) is 11.8 Å². The summed E-state index contributed by atoms with van der Waals surface area (Å²) in [5.41, 5.74) is 2.29. The van der Waals surface area contributed by atoms with Crippen LogP contribution in [0.25, 0.3) is 5.52 Å². The molecule has 1 saturated heterocycles. The predicted molar refractivity (Wildman–Crippen MR) is 112 cm³/mol. The summed E-state index contributed by atoms with van der Waals surface area (Å²) in [6.07, 6.45) is 6.73. The van der Waals surface area contributed by atoms with Crippen LogP contribution in [0.4, 0.5) is 0 Å². The summed E-state index contributed by atoms with van der Waals surface area (Å²) in [5, 5.41) is 2.95. The van der Waals surface area contributed by atoms with Gasteiger partial charge < -0.3 is 10.2 Å². The van der Waals surface area contributed by atoms with Crippen molar-refractivity contribution in [3.8, 4) is 0 Å². The van der Waals surface area contributed by atoms with Crippen LogP contribution in [-0.2, 0) is 6.42 Å². The van der Waals surface area contributed by atoms with Crippen LogP contribution < -0.4 is 5.32 Å². The molecule has 0 spiro atoms. The van der Waals surface area contributed by atoms with E-state index in [0.29, 0.717) is 17.8 Å². The molecule has 3 aromatic rings. The quantitative estimate of drug-likeness (QED) is 0.657. The lowest BCUT2D eigenvalue weighted by atomic mass is 10.1. The average Bonchev–Trinajstić information content (AvgIpc) is 3.17. The van der Waals surface area contributed by atoms with Crippen LogP contribution in [0.1, 0.15) is 52.4 Å². The number of fused-ring (bicyclic) bond motifs is 1. The highest BCUT2D eigenvalue weighted by molar-refractivity contribution is 6.02. The summed E-state index contributed by atoms with van der Waals surface area (Å²) in [4.78, 5) is 32.1. The Bertz CT molecular complexity index is 991. The maximum Gasteiger partial charge on any atom is 0.287 e. The van der Waals surface area contributed by atoms with E-state index in [9.17, 15) is 9.59 Å². The van der Waals surface area contributed by atoms with Gasteiger partial charge in [0.2, 0.25) is 5.82 Å². The number of aromatic nitrogens is 2. The van der Waals surface area contributed by atoms with E-state index in [0.717, 1.165) is 45.2 Å². The van der Waals surface area contributed by atoms with Crippen LogP contribution in [0, 0.1) is 0 Å². The van der Waals surface area contributed by atoms with Crippen LogP contribution in [0.2, 0.25) is 0 Å². The van der Waals surface area contributed by atoms with E-state index in [1.54, 1.807) is 10.6 Å². The minimum absolute atomic E-state index is 0.0865. The van der Waals surface area contributed by atoms with Crippen molar-refractivity contribution >= 4 is 17.3 Å². The van der Waals surface area contributed by atoms with Crippen molar-refractivity contribution in [1.82, 2.24) is 19.6 Å². The second-order valence-electron chi connectivity index (χ2n) is 7.44. The van der Waals surface area contributed by atoms with Crippen molar-refractivity contribution in [3.05, 3.63) is 71.8 Å². The van der Waals surface area contributed by atoms with Gasteiger partial charge in [0, 0.05) is 25.8 Å². The summed E-state index contributed by atoms with van der Waals surface area (Å²) in [7, 11) is 0. The number of amides is 2. The van der Waals surface area contributed by atoms with E-state index < -0.39 is 0 Å². The highest BCUT2D eigenvalue weighted by Gasteiger charge is 2.25. The Hall–Kier alpha value is -3.15. The summed E-state index contributed by atoms with van der Waals surface area (Å²) >= 11 is 0. The highest BCUT2D eigenvalue weighted by atomic mass is 16.2. The zero-order valence-corrected chi connectivity index (χ0v) is 16.5. The zero-order chi connectivity index (χ0) is 20.1. The molecule has 0 atom stereocenters. The standard InChI is InChI=1S/C23H26N4O2/c28-22(24-14-9-12-18-10-3-1-4-11-18)21-25-20(19-13-5-8-17-27(19)21)23(29)26-15-6-2-7-16-26/h1,3-5,8,10-11,13,17H,2,6-7,9,12,14-16H2,(H,24,28). The first kappa shape index (κ1) is 19.2. The van der Waals surface area contributed by atoms with E-state index in [1.165, 1.54) is 5.56 Å². The van der Waals surface area contributed by atoms with Crippen molar-refractivity contribution < 1.29 is 9.59 Å². The molecule has 1 aliphatic rings. The Balaban J connectivity index is 1.46. The number of nitrogens with one attached hydrogen (secondary N) is 1. The number of likely N-dealkylation sites (tertiary alicyclic amines) is 1. The molecule has 0 radical (unpaired) electrons. The fraction of sp³-hybridized carbons (Fsp3) is 0.348. The fourth-order valence-corrected chi connectivity index (χ4v) is 3.82. The smallest absolute Gasteiger partial charge is 0.287 e. The molecule has 6 heteroatoms. The molecule has 1 N–H and O–H groups in total. The molecule has 1 aromatic carbocycles. The third kappa shape index (κ3) is 4.31. The van der Waals surface area contributed by atoms with Crippen molar-refractivity contribution in [2.24, 2.45) is 0 Å². The van der Waals surface area contributed by atoms with Crippen LogP contribution in [0.5, 0.6) is 0 Å². The number of carbonyl (C=O) groups excluding carboxylic acids is 2. The van der Waals surface area contributed by atoms with Crippen LogP contribution in [0.3, 0.4) is 0 Å². The summed E-state index contributed by atoms with van der Waals surface area (Å²) < 4.78 is 1.71. The maximum absolute atomic E-state index is 13.0. The van der Waals surface area contributed by atoms with Gasteiger partial charge in [-0.2, -0.15) is 0 Å². The van der Waals surface area contributed by atoms with Gasteiger partial charge in [-0.25, -0.2) is 4.98 Å². The number of rotatable bonds is 6. The number of hydrogen-bond acceptors (Lipinski definition) is 3. The second-order valence-corrected chi connectivity index (χ2v) is 7.44. The highest BCUT2D eigenvalue weighted by Crippen LogP contribution is 2.18. The van der Waals surface area contributed by atoms with Crippen molar-refractivity contribution in [2.75, 3.05) is 19.6 Å². The van der Waals surface area contributed by atoms with E-state index in [4.69, 9.17) is 0 Å². The van der Waals surface area contributed by atoms with E-state index in [-0.39, 0.29) is 17.6 Å². The number of pyridine rings is 1. The van der Waals surface area contributed by atoms with Crippen LogP contribution in [0.15, 0.2) is 54.7 Å². The summed E-state index contributed by atoms with van der Waals surface area (Å²) in [5.74, 6) is -0.0749. The van der Waals surface area contributed by atoms with Crippen molar-refractivity contribution in [2.45, 2.75) is 32.1 Å². The lowest BCUT2D eigenvalue weighted by molar-refractivity contribution is 0.0721. The molecule has 1 aliphatic heterocycles. The SMILES string of the molecule is O=C(NCCCc1ccccc1)c1nc(C(=O)N2CCCCC2)c2ccccn12. The van der Waals surface area contributed by atoms with Crippen molar-refractivity contribution in [3.63, 3.8) is 0 Å². The minimum Gasteiger partial charge on any atom is -0.349 e. The molecule has 0 unspecified atom stereocenters. The van der Waals surface area contributed by atoms with Crippen LogP contribution >= 0.6 is 0 Å². The molecule has 2 amide bonds. The topological polar surface area (TPSA) is 66.7 Å². The minimum atomic E-state index is -0.253. The normalized spacial score (nSPS) is 14.1. The first-order chi connectivity index (χ1) is 14.2. The Morgan fingerprint density at radius 1 is 0.966 bits per heavy atom. The largest absolute Gasteiger partial charge is 0.349 e. The number of carbonyl (C=O) groups is 2. The zero-order valence-electron chi connectivity index (χ0n) is 16.5. The average molecular weight is 390 g/mol. The van der Waals surface area contributed by atoms with Gasteiger partial charge in [-0.3, -0.25) is 14.0 Å². The number of hydrogen-bond donors (Lipinski definition) is 1. The van der Waals surface area contributed by atoms with Gasteiger partial charge in [0.05, 0.1) is 5.52 Å². The fourth-order valence-electron chi connectivity index (χ4n) is 3.82. The third-order valence-corrected chi connectivity index (χ3v) is 5.37. The monoisotopic (exact) mass is 390 g/mol. The van der Waals surface area contributed by atoms with E-state index in [1.807, 2.05) is 41.3 Å². The molecular weight excluding hydrogens is 364 g/mol. The maximum atomic E-state index is 13.0. The Kier molecular flexibility index (Phi) is 5.89.